The van der Waals surface area contributed by atoms with Crippen molar-refractivity contribution in [3.63, 3.8) is 0 Å². The van der Waals surface area contributed by atoms with Gasteiger partial charge in [0.2, 0.25) is 0 Å². The molecule has 0 fully saturated rings. The molecule has 0 aromatic heterocycles. The van der Waals surface area contributed by atoms with Crippen molar-refractivity contribution in [1.29, 1.82) is 0 Å². The second-order valence-corrected chi connectivity index (χ2v) is 4.21. The molecule has 14 heavy (non-hydrogen) atoms. The maximum absolute atomic E-state index is 2.39. The molecular formula is C14H18. The minimum Gasteiger partial charge on any atom is -0.0876 e. The first kappa shape index (κ1) is 9.51. The Hall–Kier alpha value is -1.04. The molecule has 1 aromatic rings. The monoisotopic (exact) mass is 186 g/mol. The Balaban J connectivity index is 2.30. The van der Waals surface area contributed by atoms with E-state index >= 15 is 0 Å². The second kappa shape index (κ2) is 4.00. The van der Waals surface area contributed by atoms with Crippen LogP contribution >= 0.6 is 0 Å². The minimum atomic E-state index is 0.668. The lowest BCUT2D eigenvalue weighted by atomic mass is 9.85. The number of hydrogen-bond acceptors (Lipinski definition) is 0. The Kier molecular flexibility index (Phi) is 2.72. The van der Waals surface area contributed by atoms with E-state index in [2.05, 4.69) is 50.3 Å². The summed E-state index contributed by atoms with van der Waals surface area (Å²) in [4.78, 5) is 0. The van der Waals surface area contributed by atoms with Gasteiger partial charge in [-0.05, 0) is 30.4 Å². The molecular weight excluding hydrogens is 168 g/mol. The first-order chi connectivity index (χ1) is 6.83. The van der Waals surface area contributed by atoms with Crippen molar-refractivity contribution in [2.75, 3.05) is 0 Å². The van der Waals surface area contributed by atoms with Gasteiger partial charge in [-0.3, -0.25) is 0 Å². The van der Waals surface area contributed by atoms with Crippen LogP contribution in [0.3, 0.4) is 0 Å². The van der Waals surface area contributed by atoms with Crippen LogP contribution in [-0.2, 0) is 0 Å². The molecule has 2 rings (SSSR count). The van der Waals surface area contributed by atoms with Crippen molar-refractivity contribution in [1.82, 2.24) is 0 Å². The summed E-state index contributed by atoms with van der Waals surface area (Å²) in [5.74, 6) is 1.50. The van der Waals surface area contributed by atoms with E-state index in [9.17, 15) is 0 Å². The molecule has 0 saturated carbocycles. The van der Waals surface area contributed by atoms with E-state index in [0.29, 0.717) is 5.92 Å². The largest absolute Gasteiger partial charge is 0.0876 e. The van der Waals surface area contributed by atoms with E-state index in [0.717, 1.165) is 5.92 Å². The van der Waals surface area contributed by atoms with Crippen LogP contribution < -0.4 is 0 Å². The van der Waals surface area contributed by atoms with Crippen LogP contribution in [0.15, 0.2) is 36.4 Å². The third kappa shape index (κ3) is 1.61. The van der Waals surface area contributed by atoms with Crippen LogP contribution in [0, 0.1) is 12.8 Å². The predicted octanol–water partition coefficient (Wildman–Crippen LogP) is 4.06. The first-order valence-corrected chi connectivity index (χ1v) is 5.55. The molecule has 0 heterocycles. The van der Waals surface area contributed by atoms with Crippen LogP contribution in [0.25, 0.3) is 0 Å². The molecule has 74 valence electrons. The first-order valence-electron chi connectivity index (χ1n) is 5.55. The van der Waals surface area contributed by atoms with Crippen LogP contribution in [0.4, 0.5) is 0 Å². The van der Waals surface area contributed by atoms with E-state index < -0.39 is 0 Å². The molecule has 0 bridgehead atoms. The molecule has 2 atom stereocenters. The van der Waals surface area contributed by atoms with Gasteiger partial charge < -0.3 is 0 Å². The van der Waals surface area contributed by atoms with Crippen molar-refractivity contribution < 1.29 is 0 Å². The van der Waals surface area contributed by atoms with E-state index in [4.69, 9.17) is 0 Å². The molecule has 0 aliphatic heterocycles. The summed E-state index contributed by atoms with van der Waals surface area (Å²) in [6.45, 7) is 4.51. The van der Waals surface area contributed by atoms with Crippen molar-refractivity contribution in [2.24, 2.45) is 5.92 Å². The van der Waals surface area contributed by atoms with Gasteiger partial charge >= 0.3 is 0 Å². The van der Waals surface area contributed by atoms with E-state index in [1.165, 1.54) is 24.0 Å². The van der Waals surface area contributed by atoms with Crippen LogP contribution in [0.5, 0.6) is 0 Å². The zero-order valence-corrected chi connectivity index (χ0v) is 9.03. The zero-order chi connectivity index (χ0) is 9.97. The van der Waals surface area contributed by atoms with Gasteiger partial charge in [0.05, 0.1) is 0 Å². The fourth-order valence-electron chi connectivity index (χ4n) is 2.44. The highest BCUT2D eigenvalue weighted by Gasteiger charge is 2.23. The number of aryl methyl sites for hydroxylation is 1. The summed E-state index contributed by atoms with van der Waals surface area (Å²) in [6, 6.07) is 8.77. The van der Waals surface area contributed by atoms with Gasteiger partial charge in [-0.2, -0.15) is 0 Å². The summed E-state index contributed by atoms with van der Waals surface area (Å²) in [7, 11) is 0. The van der Waals surface area contributed by atoms with E-state index in [1.54, 1.807) is 0 Å². The van der Waals surface area contributed by atoms with Gasteiger partial charge in [-0.15, -0.1) is 0 Å². The number of rotatable bonds is 2. The summed E-state index contributed by atoms with van der Waals surface area (Å²) >= 11 is 0. The lowest BCUT2D eigenvalue weighted by molar-refractivity contribution is 0.492. The third-order valence-corrected chi connectivity index (χ3v) is 3.36. The highest BCUT2D eigenvalue weighted by atomic mass is 14.3. The Morgan fingerprint density at radius 2 is 2.07 bits per heavy atom. The Labute approximate surface area is 86.7 Å². The van der Waals surface area contributed by atoms with Crippen molar-refractivity contribution in [2.45, 2.75) is 32.6 Å². The average Bonchev–Trinajstić information content (AvgIpc) is 2.66. The Bertz CT molecular complexity index is 336. The maximum atomic E-state index is 2.39. The summed E-state index contributed by atoms with van der Waals surface area (Å²) in [5, 5.41) is 0. The lowest BCUT2D eigenvalue weighted by Crippen LogP contribution is -2.06. The van der Waals surface area contributed by atoms with Gasteiger partial charge in [-0.1, -0.05) is 49.8 Å². The molecule has 1 aliphatic carbocycles. The van der Waals surface area contributed by atoms with Crippen molar-refractivity contribution in [3.8, 4) is 0 Å². The number of allylic oxidation sites excluding steroid dienone is 2. The molecule has 0 amide bonds. The lowest BCUT2D eigenvalue weighted by Gasteiger charge is -2.19. The fraction of sp³-hybridized carbons (Fsp3) is 0.429. The highest BCUT2D eigenvalue weighted by Crippen LogP contribution is 2.37. The molecule has 1 aliphatic rings. The third-order valence-electron chi connectivity index (χ3n) is 3.36. The SMILES string of the molecule is CCC1CC=CC1c1ccccc1C. The normalized spacial score (nSPS) is 25.6. The molecule has 1 aromatic carbocycles. The van der Waals surface area contributed by atoms with Gasteiger partial charge in [-0.25, -0.2) is 0 Å². The second-order valence-electron chi connectivity index (χ2n) is 4.21. The summed E-state index contributed by atoms with van der Waals surface area (Å²) in [6.07, 6.45) is 7.27. The smallest absolute Gasteiger partial charge is 0.00517 e. The highest BCUT2D eigenvalue weighted by molar-refractivity contribution is 5.34. The van der Waals surface area contributed by atoms with Crippen LogP contribution in [0.2, 0.25) is 0 Å². The van der Waals surface area contributed by atoms with E-state index in [-0.39, 0.29) is 0 Å². The van der Waals surface area contributed by atoms with E-state index in [1.807, 2.05) is 0 Å². The fourth-order valence-corrected chi connectivity index (χ4v) is 2.44. The molecule has 0 saturated heterocycles. The van der Waals surface area contributed by atoms with Gasteiger partial charge in [0.25, 0.3) is 0 Å². The van der Waals surface area contributed by atoms with Gasteiger partial charge in [0.1, 0.15) is 0 Å². The molecule has 0 heteroatoms. The van der Waals surface area contributed by atoms with Crippen molar-refractivity contribution >= 4 is 0 Å². The minimum absolute atomic E-state index is 0.668. The topological polar surface area (TPSA) is 0 Å². The van der Waals surface area contributed by atoms with Crippen LogP contribution in [0.1, 0.15) is 36.8 Å². The summed E-state index contributed by atoms with van der Waals surface area (Å²) < 4.78 is 0. The zero-order valence-electron chi connectivity index (χ0n) is 9.03. The Morgan fingerprint density at radius 1 is 1.29 bits per heavy atom. The maximum Gasteiger partial charge on any atom is 0.00517 e. The average molecular weight is 186 g/mol. The predicted molar refractivity (Wildman–Crippen MR) is 61.5 cm³/mol. The van der Waals surface area contributed by atoms with Crippen LogP contribution in [-0.4, -0.2) is 0 Å². The molecule has 0 N–H and O–H groups in total. The molecule has 0 radical (unpaired) electrons. The Morgan fingerprint density at radius 3 is 2.79 bits per heavy atom. The van der Waals surface area contributed by atoms with Gasteiger partial charge in [0.15, 0.2) is 0 Å². The molecule has 0 nitrogen and oxygen atoms in total. The standard InChI is InChI=1S/C14H18/c1-3-12-8-6-10-14(12)13-9-5-4-7-11(13)2/h4-7,9-10,12,14H,3,8H2,1-2H3. The number of hydrogen-bond donors (Lipinski definition) is 0. The van der Waals surface area contributed by atoms with Gasteiger partial charge in [0, 0.05) is 5.92 Å². The summed E-state index contributed by atoms with van der Waals surface area (Å²) in [5.41, 5.74) is 2.95. The van der Waals surface area contributed by atoms with Crippen molar-refractivity contribution in [3.05, 3.63) is 47.5 Å². The quantitative estimate of drug-likeness (QED) is 0.611. The number of benzene rings is 1. The molecule has 2 unspecified atom stereocenters. The molecule has 0 spiro atoms.